The van der Waals surface area contributed by atoms with Crippen LogP contribution < -0.4 is 10.6 Å². The highest BCUT2D eigenvalue weighted by Gasteiger charge is 2.34. The van der Waals surface area contributed by atoms with Crippen LogP contribution >= 0.6 is 0 Å². The van der Waals surface area contributed by atoms with Gasteiger partial charge >= 0.3 is 0 Å². The van der Waals surface area contributed by atoms with Gasteiger partial charge in [0.15, 0.2) is 0 Å². The van der Waals surface area contributed by atoms with Gasteiger partial charge in [0, 0.05) is 13.0 Å². The fourth-order valence-corrected chi connectivity index (χ4v) is 1.54. The Hall–Kier alpha value is -0.610. The van der Waals surface area contributed by atoms with Crippen LogP contribution in [-0.2, 0) is 4.79 Å². The zero-order chi connectivity index (χ0) is 10.4. The molecule has 0 aliphatic heterocycles. The molecule has 3 N–H and O–H groups in total. The molecule has 0 aromatic heterocycles. The summed E-state index contributed by atoms with van der Waals surface area (Å²) in [4.78, 5) is 11.3. The Morgan fingerprint density at radius 1 is 1.50 bits per heavy atom. The fraction of sp³-hybridized carbons (Fsp3) is 0.900. The molecule has 4 heteroatoms. The first kappa shape index (κ1) is 11.5. The lowest BCUT2D eigenvalue weighted by molar-refractivity contribution is -0.123. The maximum Gasteiger partial charge on any atom is 0.220 e. The van der Waals surface area contributed by atoms with Gasteiger partial charge in [0.05, 0.1) is 5.60 Å². The number of hydrogen-bond donors (Lipinski definition) is 3. The van der Waals surface area contributed by atoms with Crippen molar-refractivity contribution in [1.82, 2.24) is 10.6 Å². The Labute approximate surface area is 85.1 Å². The van der Waals surface area contributed by atoms with Crippen LogP contribution in [0.5, 0.6) is 0 Å². The topological polar surface area (TPSA) is 61.4 Å². The molecule has 1 aliphatic rings. The molecule has 0 saturated heterocycles. The summed E-state index contributed by atoms with van der Waals surface area (Å²) in [6.45, 7) is 1.28. The molecular formula is C10H20N2O2. The molecule has 14 heavy (non-hydrogen) atoms. The maximum absolute atomic E-state index is 11.3. The molecule has 0 atom stereocenters. The third kappa shape index (κ3) is 3.64. The number of aliphatic hydroxyl groups is 1. The van der Waals surface area contributed by atoms with Crippen molar-refractivity contribution in [2.75, 3.05) is 20.1 Å². The molecule has 1 fully saturated rings. The standard InChI is InChI=1S/C10H20N2O2/c1-11-7-2-4-9(13)12-8-10(14)5-3-6-10/h11,14H,2-8H2,1H3,(H,12,13). The Morgan fingerprint density at radius 2 is 2.21 bits per heavy atom. The lowest BCUT2D eigenvalue weighted by atomic mass is 9.80. The van der Waals surface area contributed by atoms with E-state index in [2.05, 4.69) is 10.6 Å². The molecule has 0 radical (unpaired) electrons. The van der Waals surface area contributed by atoms with Crippen molar-refractivity contribution in [3.8, 4) is 0 Å². The van der Waals surface area contributed by atoms with E-state index in [1.54, 1.807) is 0 Å². The summed E-state index contributed by atoms with van der Waals surface area (Å²) in [6.07, 6.45) is 4.11. The highest BCUT2D eigenvalue weighted by molar-refractivity contribution is 5.75. The van der Waals surface area contributed by atoms with Crippen LogP contribution in [0.2, 0.25) is 0 Å². The molecule has 1 aliphatic carbocycles. The number of hydrogen-bond acceptors (Lipinski definition) is 3. The average Bonchev–Trinajstić information content (AvgIpc) is 2.12. The van der Waals surface area contributed by atoms with Crippen molar-refractivity contribution in [2.24, 2.45) is 0 Å². The Kier molecular flexibility index (Phi) is 4.35. The minimum absolute atomic E-state index is 0.0422. The van der Waals surface area contributed by atoms with E-state index in [0.717, 1.165) is 32.2 Å². The predicted octanol–water partition coefficient (Wildman–Crippen LogP) is 0.0172. The normalized spacial score (nSPS) is 18.7. The monoisotopic (exact) mass is 200 g/mol. The van der Waals surface area contributed by atoms with Gasteiger partial charge in [0.1, 0.15) is 0 Å². The lowest BCUT2D eigenvalue weighted by Gasteiger charge is -2.36. The zero-order valence-corrected chi connectivity index (χ0v) is 8.81. The summed E-state index contributed by atoms with van der Waals surface area (Å²) in [5.41, 5.74) is -0.599. The molecule has 1 amide bonds. The van der Waals surface area contributed by atoms with E-state index in [4.69, 9.17) is 0 Å². The number of amides is 1. The summed E-state index contributed by atoms with van der Waals surface area (Å²) >= 11 is 0. The maximum atomic E-state index is 11.3. The van der Waals surface area contributed by atoms with Crippen LogP contribution in [0.3, 0.4) is 0 Å². The quantitative estimate of drug-likeness (QED) is 0.530. The molecule has 4 nitrogen and oxygen atoms in total. The van der Waals surface area contributed by atoms with E-state index in [0.29, 0.717) is 13.0 Å². The number of carbonyl (C=O) groups excluding carboxylic acids is 1. The van der Waals surface area contributed by atoms with Gasteiger partial charge in [-0.05, 0) is 39.3 Å². The van der Waals surface area contributed by atoms with Gasteiger partial charge in [0.25, 0.3) is 0 Å². The Bertz CT molecular complexity index is 191. The van der Waals surface area contributed by atoms with Crippen molar-refractivity contribution in [3.05, 3.63) is 0 Å². The predicted molar refractivity (Wildman–Crippen MR) is 55.0 cm³/mol. The van der Waals surface area contributed by atoms with Crippen LogP contribution in [0, 0.1) is 0 Å². The molecule has 1 saturated carbocycles. The Balaban J connectivity index is 2.03. The van der Waals surface area contributed by atoms with E-state index in [1.807, 2.05) is 7.05 Å². The summed E-state index contributed by atoms with van der Waals surface area (Å²) < 4.78 is 0. The highest BCUT2D eigenvalue weighted by Crippen LogP contribution is 2.30. The van der Waals surface area contributed by atoms with Gasteiger partial charge < -0.3 is 15.7 Å². The number of nitrogens with one attached hydrogen (secondary N) is 2. The van der Waals surface area contributed by atoms with E-state index >= 15 is 0 Å². The van der Waals surface area contributed by atoms with Gasteiger partial charge in [-0.25, -0.2) is 0 Å². The molecule has 0 heterocycles. The van der Waals surface area contributed by atoms with Gasteiger partial charge in [-0.3, -0.25) is 4.79 Å². The third-order valence-corrected chi connectivity index (χ3v) is 2.73. The van der Waals surface area contributed by atoms with E-state index in [-0.39, 0.29) is 5.91 Å². The minimum Gasteiger partial charge on any atom is -0.388 e. The molecule has 0 aromatic rings. The average molecular weight is 200 g/mol. The van der Waals surface area contributed by atoms with Crippen molar-refractivity contribution in [2.45, 2.75) is 37.7 Å². The van der Waals surface area contributed by atoms with Crippen molar-refractivity contribution in [3.63, 3.8) is 0 Å². The Morgan fingerprint density at radius 3 is 2.71 bits per heavy atom. The van der Waals surface area contributed by atoms with E-state index < -0.39 is 5.60 Å². The molecule has 0 unspecified atom stereocenters. The van der Waals surface area contributed by atoms with Gasteiger partial charge in [-0.1, -0.05) is 0 Å². The first-order valence-corrected chi connectivity index (χ1v) is 5.30. The summed E-state index contributed by atoms with van der Waals surface area (Å²) in [5.74, 6) is 0.0422. The third-order valence-electron chi connectivity index (χ3n) is 2.73. The van der Waals surface area contributed by atoms with E-state index in [1.165, 1.54) is 0 Å². The molecule has 0 aromatic carbocycles. The van der Waals surface area contributed by atoms with Gasteiger partial charge in [-0.15, -0.1) is 0 Å². The SMILES string of the molecule is CNCCCC(=O)NCC1(O)CCC1. The fourth-order valence-electron chi connectivity index (χ4n) is 1.54. The van der Waals surface area contributed by atoms with Crippen LogP contribution in [0.4, 0.5) is 0 Å². The molecule has 0 bridgehead atoms. The van der Waals surface area contributed by atoms with Crippen LogP contribution in [0.25, 0.3) is 0 Å². The smallest absolute Gasteiger partial charge is 0.220 e. The molecular weight excluding hydrogens is 180 g/mol. The molecule has 0 spiro atoms. The van der Waals surface area contributed by atoms with Gasteiger partial charge in [-0.2, -0.15) is 0 Å². The van der Waals surface area contributed by atoms with Crippen molar-refractivity contribution >= 4 is 5.91 Å². The summed E-state index contributed by atoms with van der Waals surface area (Å²) in [5, 5.41) is 15.5. The molecule has 1 rings (SSSR count). The highest BCUT2D eigenvalue weighted by atomic mass is 16.3. The second-order valence-corrected chi connectivity index (χ2v) is 4.06. The van der Waals surface area contributed by atoms with Crippen molar-refractivity contribution < 1.29 is 9.90 Å². The zero-order valence-electron chi connectivity index (χ0n) is 8.81. The van der Waals surface area contributed by atoms with Gasteiger partial charge in [0.2, 0.25) is 5.91 Å². The largest absolute Gasteiger partial charge is 0.388 e. The minimum atomic E-state index is -0.599. The first-order chi connectivity index (χ1) is 6.66. The summed E-state index contributed by atoms with van der Waals surface area (Å²) in [6, 6.07) is 0. The van der Waals surface area contributed by atoms with Crippen LogP contribution in [0.1, 0.15) is 32.1 Å². The second-order valence-electron chi connectivity index (χ2n) is 4.06. The number of rotatable bonds is 6. The lowest BCUT2D eigenvalue weighted by Crippen LogP contribution is -2.47. The summed E-state index contributed by atoms with van der Waals surface area (Å²) in [7, 11) is 1.87. The van der Waals surface area contributed by atoms with Crippen molar-refractivity contribution in [1.29, 1.82) is 0 Å². The first-order valence-electron chi connectivity index (χ1n) is 5.30. The molecule has 82 valence electrons. The van der Waals surface area contributed by atoms with Crippen LogP contribution in [-0.4, -0.2) is 36.8 Å². The van der Waals surface area contributed by atoms with Crippen LogP contribution in [0.15, 0.2) is 0 Å². The van der Waals surface area contributed by atoms with E-state index in [9.17, 15) is 9.90 Å². The number of carbonyl (C=O) groups is 1. The second kappa shape index (κ2) is 5.32.